The van der Waals surface area contributed by atoms with Gasteiger partial charge >= 0.3 is 5.97 Å². The van der Waals surface area contributed by atoms with Crippen LogP contribution in [0.4, 0.5) is 5.69 Å². The molecule has 1 unspecified atom stereocenters. The Kier molecular flexibility index (Phi) is 6.74. The highest BCUT2D eigenvalue weighted by molar-refractivity contribution is 5.98. The first kappa shape index (κ1) is 21.0. The van der Waals surface area contributed by atoms with Crippen LogP contribution in [0.25, 0.3) is 0 Å². The molecule has 3 rings (SSSR count). The number of likely N-dealkylation sites (N-methyl/N-ethyl adjacent to an activating group) is 1. The van der Waals surface area contributed by atoms with Gasteiger partial charge in [-0.1, -0.05) is 12.1 Å². The summed E-state index contributed by atoms with van der Waals surface area (Å²) in [5.41, 5.74) is 0.508. The van der Waals surface area contributed by atoms with Crippen LogP contribution in [0, 0.1) is 0 Å². The van der Waals surface area contributed by atoms with Crippen LogP contribution in [-0.4, -0.2) is 57.8 Å². The summed E-state index contributed by atoms with van der Waals surface area (Å²) in [4.78, 5) is 38.0. The Labute approximate surface area is 173 Å². The molecule has 1 atom stereocenters. The van der Waals surface area contributed by atoms with Crippen molar-refractivity contribution in [2.75, 3.05) is 38.8 Å². The van der Waals surface area contributed by atoms with Gasteiger partial charge < -0.3 is 29.2 Å². The first-order valence-electron chi connectivity index (χ1n) is 9.22. The van der Waals surface area contributed by atoms with Crippen LogP contribution in [0.5, 0.6) is 17.2 Å². The van der Waals surface area contributed by atoms with Gasteiger partial charge in [0, 0.05) is 7.05 Å². The van der Waals surface area contributed by atoms with Gasteiger partial charge in [-0.2, -0.15) is 0 Å². The second-order valence-corrected chi connectivity index (χ2v) is 6.32. The standard InChI is InChI=1S/C21H22N2O7/c1-22-21(26)18-11-23(16-5-3-4-6-17(16)30-18)19(24)12-29-20(25)13-28-15-9-7-14(27-2)8-10-15/h3-10,18H,11-13H2,1-2H3,(H,22,26). The van der Waals surface area contributed by atoms with Gasteiger partial charge in [-0.15, -0.1) is 0 Å². The number of para-hydroxylation sites is 2. The number of esters is 1. The first-order chi connectivity index (χ1) is 14.5. The second-order valence-electron chi connectivity index (χ2n) is 6.32. The molecular weight excluding hydrogens is 392 g/mol. The number of hydrogen-bond donors (Lipinski definition) is 1. The second kappa shape index (κ2) is 9.64. The van der Waals surface area contributed by atoms with Crippen molar-refractivity contribution in [2.24, 2.45) is 0 Å². The Morgan fingerprint density at radius 3 is 2.47 bits per heavy atom. The zero-order chi connectivity index (χ0) is 21.5. The highest BCUT2D eigenvalue weighted by atomic mass is 16.6. The number of amides is 2. The van der Waals surface area contributed by atoms with Gasteiger partial charge in [0.25, 0.3) is 11.8 Å². The normalized spacial score (nSPS) is 14.7. The SMILES string of the molecule is CNC(=O)C1CN(C(=O)COC(=O)COc2ccc(OC)cc2)c2ccccc2O1. The smallest absolute Gasteiger partial charge is 0.344 e. The van der Waals surface area contributed by atoms with E-state index in [2.05, 4.69) is 5.32 Å². The molecule has 0 fully saturated rings. The summed E-state index contributed by atoms with van der Waals surface area (Å²) in [6, 6.07) is 13.6. The topological polar surface area (TPSA) is 103 Å². The highest BCUT2D eigenvalue weighted by Crippen LogP contribution is 2.33. The van der Waals surface area contributed by atoms with Crippen molar-refractivity contribution in [3.05, 3.63) is 48.5 Å². The number of benzene rings is 2. The van der Waals surface area contributed by atoms with Crippen LogP contribution in [0.1, 0.15) is 0 Å². The number of rotatable bonds is 7. The number of methoxy groups -OCH3 is 1. The summed E-state index contributed by atoms with van der Waals surface area (Å²) >= 11 is 0. The molecule has 0 saturated carbocycles. The molecule has 0 aromatic heterocycles. The van der Waals surface area contributed by atoms with Crippen molar-refractivity contribution in [2.45, 2.75) is 6.10 Å². The molecule has 9 nitrogen and oxygen atoms in total. The van der Waals surface area contributed by atoms with E-state index >= 15 is 0 Å². The fourth-order valence-electron chi connectivity index (χ4n) is 2.84. The molecule has 2 amide bonds. The van der Waals surface area contributed by atoms with Crippen molar-refractivity contribution in [3.63, 3.8) is 0 Å². The molecule has 1 aliphatic heterocycles. The van der Waals surface area contributed by atoms with Crippen molar-refractivity contribution >= 4 is 23.5 Å². The molecule has 1 aliphatic rings. The minimum absolute atomic E-state index is 0.00934. The van der Waals surface area contributed by atoms with Gasteiger partial charge in [0.2, 0.25) is 0 Å². The average molecular weight is 414 g/mol. The molecule has 2 aromatic rings. The molecule has 2 aromatic carbocycles. The Balaban J connectivity index is 1.56. The predicted octanol–water partition coefficient (Wildman–Crippen LogP) is 1.16. The maximum absolute atomic E-state index is 12.7. The summed E-state index contributed by atoms with van der Waals surface area (Å²) in [5, 5.41) is 2.50. The zero-order valence-corrected chi connectivity index (χ0v) is 16.6. The Bertz CT molecular complexity index is 914. The van der Waals surface area contributed by atoms with E-state index in [1.165, 1.54) is 11.9 Å². The van der Waals surface area contributed by atoms with Crippen molar-refractivity contribution in [3.8, 4) is 17.2 Å². The molecule has 0 spiro atoms. The largest absolute Gasteiger partial charge is 0.497 e. The van der Waals surface area contributed by atoms with Crippen LogP contribution >= 0.6 is 0 Å². The van der Waals surface area contributed by atoms with E-state index in [0.29, 0.717) is 22.9 Å². The van der Waals surface area contributed by atoms with Crippen LogP contribution < -0.4 is 24.4 Å². The number of nitrogens with one attached hydrogen (secondary N) is 1. The monoisotopic (exact) mass is 414 g/mol. The van der Waals surface area contributed by atoms with Gasteiger partial charge in [-0.05, 0) is 36.4 Å². The summed E-state index contributed by atoms with van der Waals surface area (Å²) in [6.07, 6.45) is -0.858. The third-order valence-corrected chi connectivity index (χ3v) is 4.39. The van der Waals surface area contributed by atoms with Crippen LogP contribution in [0.15, 0.2) is 48.5 Å². The van der Waals surface area contributed by atoms with Gasteiger partial charge in [0.1, 0.15) is 17.2 Å². The van der Waals surface area contributed by atoms with E-state index in [1.54, 1.807) is 55.6 Å². The van der Waals surface area contributed by atoms with E-state index in [9.17, 15) is 14.4 Å². The third kappa shape index (κ3) is 4.99. The lowest BCUT2D eigenvalue weighted by Gasteiger charge is -2.33. The third-order valence-electron chi connectivity index (χ3n) is 4.39. The maximum atomic E-state index is 12.7. The van der Waals surface area contributed by atoms with E-state index in [1.807, 2.05) is 0 Å². The number of carbonyl (C=O) groups is 3. The van der Waals surface area contributed by atoms with Crippen molar-refractivity contribution in [1.29, 1.82) is 0 Å². The minimum Gasteiger partial charge on any atom is -0.497 e. The minimum atomic E-state index is -0.858. The lowest BCUT2D eigenvalue weighted by Crippen LogP contribution is -2.51. The van der Waals surface area contributed by atoms with Crippen molar-refractivity contribution < 1.29 is 33.3 Å². The van der Waals surface area contributed by atoms with E-state index in [0.717, 1.165) is 0 Å². The van der Waals surface area contributed by atoms with Crippen LogP contribution in [-0.2, 0) is 19.1 Å². The molecule has 1 heterocycles. The average Bonchev–Trinajstić information content (AvgIpc) is 2.80. The molecule has 158 valence electrons. The number of carbonyl (C=O) groups excluding carboxylic acids is 3. The summed E-state index contributed by atoms with van der Waals surface area (Å²) in [7, 11) is 3.04. The number of anilines is 1. The van der Waals surface area contributed by atoms with Gasteiger partial charge in [0.05, 0.1) is 19.3 Å². The highest BCUT2D eigenvalue weighted by Gasteiger charge is 2.33. The lowest BCUT2D eigenvalue weighted by molar-refractivity contribution is -0.150. The quantitative estimate of drug-likeness (QED) is 0.678. The number of ether oxygens (including phenoxy) is 4. The molecule has 0 radical (unpaired) electrons. The van der Waals surface area contributed by atoms with E-state index < -0.39 is 24.6 Å². The Morgan fingerprint density at radius 2 is 1.77 bits per heavy atom. The molecule has 9 heteroatoms. The Hall–Kier alpha value is -3.75. The molecule has 30 heavy (non-hydrogen) atoms. The Morgan fingerprint density at radius 1 is 1.07 bits per heavy atom. The van der Waals surface area contributed by atoms with Gasteiger partial charge in [0.15, 0.2) is 19.3 Å². The van der Waals surface area contributed by atoms with E-state index in [4.69, 9.17) is 18.9 Å². The zero-order valence-electron chi connectivity index (χ0n) is 16.6. The molecule has 1 N–H and O–H groups in total. The number of hydrogen-bond acceptors (Lipinski definition) is 7. The molecule has 0 bridgehead atoms. The summed E-state index contributed by atoms with van der Waals surface area (Å²) in [5.74, 6) is 0.0130. The van der Waals surface area contributed by atoms with E-state index in [-0.39, 0.29) is 19.1 Å². The molecule has 0 saturated heterocycles. The molecular formula is C21H22N2O7. The van der Waals surface area contributed by atoms with Crippen LogP contribution in [0.3, 0.4) is 0 Å². The lowest BCUT2D eigenvalue weighted by atomic mass is 10.1. The summed E-state index contributed by atoms with van der Waals surface area (Å²) < 4.78 is 21.1. The fraction of sp³-hybridized carbons (Fsp3) is 0.286. The number of fused-ring (bicyclic) bond motifs is 1. The molecule has 0 aliphatic carbocycles. The maximum Gasteiger partial charge on any atom is 0.344 e. The predicted molar refractivity (Wildman–Crippen MR) is 107 cm³/mol. The fourth-order valence-corrected chi connectivity index (χ4v) is 2.84. The summed E-state index contributed by atoms with van der Waals surface area (Å²) in [6.45, 7) is -0.824. The first-order valence-corrected chi connectivity index (χ1v) is 9.22. The van der Waals surface area contributed by atoms with Gasteiger partial charge in [-0.25, -0.2) is 4.79 Å². The van der Waals surface area contributed by atoms with Crippen molar-refractivity contribution in [1.82, 2.24) is 5.32 Å². The van der Waals surface area contributed by atoms with Gasteiger partial charge in [-0.3, -0.25) is 9.59 Å². The number of nitrogens with zero attached hydrogens (tertiary/aromatic N) is 1. The van der Waals surface area contributed by atoms with Crippen LogP contribution in [0.2, 0.25) is 0 Å².